The van der Waals surface area contributed by atoms with E-state index in [1.165, 1.54) is 19.2 Å². The van der Waals surface area contributed by atoms with Crippen LogP contribution in [0.5, 0.6) is 0 Å². The quantitative estimate of drug-likeness (QED) is 0.763. The zero-order chi connectivity index (χ0) is 16.9. The monoisotopic (exact) mass is 341 g/mol. The normalized spacial score (nSPS) is 17.7. The molecule has 1 amide bonds. The number of carbonyl (C=O) groups excluding carboxylic acids is 1. The Morgan fingerprint density at radius 1 is 1.35 bits per heavy atom. The van der Waals surface area contributed by atoms with E-state index in [0.29, 0.717) is 18.8 Å². The summed E-state index contributed by atoms with van der Waals surface area (Å²) < 4.78 is 31.1. The number of nitrogens with one attached hydrogen (secondary N) is 2. The van der Waals surface area contributed by atoms with Gasteiger partial charge >= 0.3 is 0 Å². The maximum absolute atomic E-state index is 12.3. The molecule has 128 valence electrons. The minimum atomic E-state index is -3.56. The number of ether oxygens (including phenoxy) is 1. The van der Waals surface area contributed by atoms with Crippen LogP contribution in [0.25, 0.3) is 0 Å². The van der Waals surface area contributed by atoms with Gasteiger partial charge in [-0.25, -0.2) is 13.1 Å². The summed E-state index contributed by atoms with van der Waals surface area (Å²) in [5.41, 5.74) is 0.329. The van der Waals surface area contributed by atoms with Crippen molar-refractivity contribution in [1.82, 2.24) is 14.9 Å². The largest absolute Gasteiger partial charge is 0.379 e. The summed E-state index contributed by atoms with van der Waals surface area (Å²) in [6.07, 6.45) is 0. The van der Waals surface area contributed by atoms with E-state index < -0.39 is 10.0 Å². The lowest BCUT2D eigenvalue weighted by Gasteiger charge is -2.29. The minimum absolute atomic E-state index is 0.0369. The number of benzene rings is 1. The molecule has 1 fully saturated rings. The van der Waals surface area contributed by atoms with Crippen LogP contribution in [0.2, 0.25) is 0 Å². The first-order valence-corrected chi connectivity index (χ1v) is 9.05. The zero-order valence-electron chi connectivity index (χ0n) is 13.4. The second kappa shape index (κ2) is 7.87. The Bertz CT molecular complexity index is 642. The van der Waals surface area contributed by atoms with E-state index in [-0.39, 0.29) is 16.8 Å². The summed E-state index contributed by atoms with van der Waals surface area (Å²) in [6.45, 7) is 5.81. The van der Waals surface area contributed by atoms with Crippen molar-refractivity contribution < 1.29 is 17.9 Å². The molecule has 0 saturated carbocycles. The molecule has 1 aliphatic heterocycles. The van der Waals surface area contributed by atoms with Crippen molar-refractivity contribution in [1.29, 1.82) is 0 Å². The van der Waals surface area contributed by atoms with Gasteiger partial charge in [-0.05, 0) is 32.2 Å². The Labute approximate surface area is 137 Å². The first-order chi connectivity index (χ1) is 10.9. The molecule has 8 heteroatoms. The SMILES string of the molecule is CNS(=O)(=O)c1cccc(C(=O)N[C@H](C)CN2CCOCC2)c1. The molecule has 1 heterocycles. The fraction of sp³-hybridized carbons (Fsp3) is 0.533. The second-order valence-electron chi connectivity index (χ2n) is 5.52. The van der Waals surface area contributed by atoms with Gasteiger partial charge in [-0.15, -0.1) is 0 Å². The molecule has 0 spiro atoms. The molecular formula is C15H23N3O4S. The number of rotatable bonds is 6. The Balaban J connectivity index is 1.98. The Kier molecular flexibility index (Phi) is 6.11. The average Bonchev–Trinajstić information content (AvgIpc) is 2.55. The maximum atomic E-state index is 12.3. The van der Waals surface area contributed by atoms with Gasteiger partial charge in [-0.2, -0.15) is 0 Å². The fourth-order valence-corrected chi connectivity index (χ4v) is 3.22. The molecule has 1 aromatic carbocycles. The predicted molar refractivity (Wildman–Crippen MR) is 86.9 cm³/mol. The second-order valence-corrected chi connectivity index (χ2v) is 7.41. The first-order valence-electron chi connectivity index (χ1n) is 7.57. The summed E-state index contributed by atoms with van der Waals surface area (Å²) in [5.74, 6) is -0.279. The van der Waals surface area contributed by atoms with Gasteiger partial charge in [0.1, 0.15) is 0 Å². The average molecular weight is 341 g/mol. The summed E-state index contributed by atoms with van der Waals surface area (Å²) in [4.78, 5) is 14.6. The fourth-order valence-electron chi connectivity index (χ4n) is 2.45. The van der Waals surface area contributed by atoms with Crippen molar-refractivity contribution in [2.24, 2.45) is 0 Å². The van der Waals surface area contributed by atoms with E-state index in [1.54, 1.807) is 12.1 Å². The van der Waals surface area contributed by atoms with E-state index in [9.17, 15) is 13.2 Å². The van der Waals surface area contributed by atoms with Gasteiger partial charge in [0.15, 0.2) is 0 Å². The highest BCUT2D eigenvalue weighted by atomic mass is 32.2. The van der Waals surface area contributed by atoms with Gasteiger partial charge in [0.05, 0.1) is 18.1 Å². The molecule has 2 rings (SSSR count). The van der Waals surface area contributed by atoms with Crippen molar-refractivity contribution in [3.05, 3.63) is 29.8 Å². The Hall–Kier alpha value is -1.48. The molecule has 0 aliphatic carbocycles. The van der Waals surface area contributed by atoms with Gasteiger partial charge in [-0.1, -0.05) is 6.07 Å². The molecule has 1 aliphatic rings. The molecule has 7 nitrogen and oxygen atoms in total. The molecule has 0 aromatic heterocycles. The molecule has 1 aromatic rings. The van der Waals surface area contributed by atoms with Gasteiger partial charge in [0.25, 0.3) is 5.91 Å². The lowest BCUT2D eigenvalue weighted by atomic mass is 10.2. The molecule has 2 N–H and O–H groups in total. The third-order valence-electron chi connectivity index (χ3n) is 3.69. The van der Waals surface area contributed by atoms with E-state index in [1.807, 2.05) is 6.92 Å². The van der Waals surface area contributed by atoms with E-state index >= 15 is 0 Å². The molecular weight excluding hydrogens is 318 g/mol. The van der Waals surface area contributed by atoms with Crippen molar-refractivity contribution in [2.45, 2.75) is 17.9 Å². The molecule has 1 saturated heterocycles. The third kappa shape index (κ3) is 5.00. The Morgan fingerprint density at radius 3 is 2.70 bits per heavy atom. The van der Waals surface area contributed by atoms with Crippen LogP contribution in [0.15, 0.2) is 29.2 Å². The zero-order valence-corrected chi connectivity index (χ0v) is 14.2. The van der Waals surface area contributed by atoms with E-state index in [4.69, 9.17) is 4.74 Å². The number of hydrogen-bond acceptors (Lipinski definition) is 5. The minimum Gasteiger partial charge on any atom is -0.379 e. The lowest BCUT2D eigenvalue weighted by molar-refractivity contribution is 0.0342. The van der Waals surface area contributed by atoms with E-state index in [0.717, 1.165) is 19.6 Å². The van der Waals surface area contributed by atoms with Crippen LogP contribution in [0.3, 0.4) is 0 Å². The van der Waals surface area contributed by atoms with Gasteiger partial charge in [0.2, 0.25) is 10.0 Å². The summed E-state index contributed by atoms with van der Waals surface area (Å²) in [7, 11) is -2.22. The molecule has 0 unspecified atom stereocenters. The third-order valence-corrected chi connectivity index (χ3v) is 5.10. The van der Waals surface area contributed by atoms with Crippen molar-refractivity contribution >= 4 is 15.9 Å². The maximum Gasteiger partial charge on any atom is 0.251 e. The number of morpholine rings is 1. The van der Waals surface area contributed by atoms with Crippen LogP contribution in [-0.4, -0.2) is 65.2 Å². The van der Waals surface area contributed by atoms with Crippen LogP contribution in [0.4, 0.5) is 0 Å². The van der Waals surface area contributed by atoms with Crippen LogP contribution < -0.4 is 10.0 Å². The summed E-state index contributed by atoms with van der Waals surface area (Å²) in [6, 6.07) is 5.96. The number of nitrogens with zero attached hydrogens (tertiary/aromatic N) is 1. The Morgan fingerprint density at radius 2 is 2.04 bits per heavy atom. The summed E-state index contributed by atoms with van der Waals surface area (Å²) in [5, 5.41) is 2.90. The molecule has 1 atom stereocenters. The molecule has 23 heavy (non-hydrogen) atoms. The van der Waals surface area contributed by atoms with Gasteiger partial charge < -0.3 is 10.1 Å². The van der Waals surface area contributed by atoms with Crippen LogP contribution in [-0.2, 0) is 14.8 Å². The van der Waals surface area contributed by atoms with E-state index in [2.05, 4.69) is 14.9 Å². The topological polar surface area (TPSA) is 87.7 Å². The van der Waals surface area contributed by atoms with Crippen LogP contribution in [0, 0.1) is 0 Å². The number of amides is 1. The molecule has 0 radical (unpaired) electrons. The number of hydrogen-bond donors (Lipinski definition) is 2. The predicted octanol–water partition coefficient (Wildman–Crippen LogP) is 0.0452. The molecule has 0 bridgehead atoms. The van der Waals surface area contributed by atoms with Crippen LogP contribution >= 0.6 is 0 Å². The van der Waals surface area contributed by atoms with Gasteiger partial charge in [-0.3, -0.25) is 9.69 Å². The highest BCUT2D eigenvalue weighted by molar-refractivity contribution is 7.89. The summed E-state index contributed by atoms with van der Waals surface area (Å²) >= 11 is 0. The van der Waals surface area contributed by atoms with Crippen LogP contribution in [0.1, 0.15) is 17.3 Å². The lowest BCUT2D eigenvalue weighted by Crippen LogP contribution is -2.46. The number of sulfonamides is 1. The number of carbonyl (C=O) groups is 1. The highest BCUT2D eigenvalue weighted by Gasteiger charge is 2.18. The van der Waals surface area contributed by atoms with Crippen molar-refractivity contribution in [3.63, 3.8) is 0 Å². The van der Waals surface area contributed by atoms with Gasteiger partial charge in [0, 0.05) is 31.2 Å². The standard InChI is InChI=1S/C15H23N3O4S/c1-12(11-18-6-8-22-9-7-18)17-15(19)13-4-3-5-14(10-13)23(20,21)16-2/h3-5,10,12,16H,6-9,11H2,1-2H3,(H,17,19)/t12-/m1/s1. The van der Waals surface area contributed by atoms with Crippen molar-refractivity contribution in [3.8, 4) is 0 Å². The van der Waals surface area contributed by atoms with Crippen molar-refractivity contribution in [2.75, 3.05) is 39.9 Å². The first kappa shape index (κ1) is 17.9. The highest BCUT2D eigenvalue weighted by Crippen LogP contribution is 2.11. The smallest absolute Gasteiger partial charge is 0.251 e.